The Hall–Kier alpha value is -1.43. The van der Waals surface area contributed by atoms with Crippen LogP contribution in [0.5, 0.6) is 0 Å². The second-order valence-electron chi connectivity index (χ2n) is 5.93. The summed E-state index contributed by atoms with van der Waals surface area (Å²) in [4.78, 5) is 6.85. The maximum atomic E-state index is 5.89. The van der Waals surface area contributed by atoms with Crippen molar-refractivity contribution in [3.8, 4) is 11.4 Å². The number of hydrogen-bond donors (Lipinski definition) is 1. The van der Waals surface area contributed by atoms with Crippen LogP contribution in [0.1, 0.15) is 19.7 Å². The van der Waals surface area contributed by atoms with Crippen LogP contribution >= 0.6 is 11.6 Å². The molecule has 1 aliphatic heterocycles. The molecule has 0 amide bonds. The smallest absolute Gasteiger partial charge is 0.241 e. The van der Waals surface area contributed by atoms with E-state index in [9.17, 15) is 0 Å². The van der Waals surface area contributed by atoms with Gasteiger partial charge < -0.3 is 9.84 Å². The Morgan fingerprint density at radius 2 is 2.10 bits per heavy atom. The lowest BCUT2D eigenvalue weighted by molar-refractivity contribution is 0.0711. The lowest BCUT2D eigenvalue weighted by Gasteiger charge is -2.41. The number of halogens is 1. The van der Waals surface area contributed by atoms with E-state index in [1.165, 1.54) is 0 Å². The third-order valence-corrected chi connectivity index (χ3v) is 4.12. The summed E-state index contributed by atoms with van der Waals surface area (Å²) >= 11 is 5.89. The molecule has 0 bridgehead atoms. The SMILES string of the molecule is CC1(C)CNCCN1Cc1nc(-c2ccc(Cl)cc2)no1. The van der Waals surface area contributed by atoms with Crippen molar-refractivity contribution in [1.82, 2.24) is 20.4 Å². The van der Waals surface area contributed by atoms with Gasteiger partial charge in [-0.2, -0.15) is 4.98 Å². The largest absolute Gasteiger partial charge is 0.338 e. The lowest BCUT2D eigenvalue weighted by Crippen LogP contribution is -2.57. The number of aromatic nitrogens is 2. The Kier molecular flexibility index (Phi) is 3.97. The quantitative estimate of drug-likeness (QED) is 0.944. The van der Waals surface area contributed by atoms with Crippen molar-refractivity contribution in [2.75, 3.05) is 19.6 Å². The molecule has 112 valence electrons. The maximum absolute atomic E-state index is 5.89. The summed E-state index contributed by atoms with van der Waals surface area (Å²) < 4.78 is 5.39. The van der Waals surface area contributed by atoms with E-state index < -0.39 is 0 Å². The first-order chi connectivity index (χ1) is 10.0. The average molecular weight is 307 g/mol. The van der Waals surface area contributed by atoms with Gasteiger partial charge in [-0.05, 0) is 38.1 Å². The van der Waals surface area contributed by atoms with E-state index in [0.29, 0.717) is 23.3 Å². The highest BCUT2D eigenvalue weighted by Gasteiger charge is 2.30. The van der Waals surface area contributed by atoms with Gasteiger partial charge in [0.15, 0.2) is 0 Å². The van der Waals surface area contributed by atoms with Crippen molar-refractivity contribution in [3.05, 3.63) is 35.2 Å². The van der Waals surface area contributed by atoms with Gasteiger partial charge in [-0.25, -0.2) is 0 Å². The van der Waals surface area contributed by atoms with Crippen molar-refractivity contribution < 1.29 is 4.52 Å². The molecule has 1 aromatic carbocycles. The van der Waals surface area contributed by atoms with Gasteiger partial charge in [-0.1, -0.05) is 16.8 Å². The third-order valence-electron chi connectivity index (χ3n) is 3.87. The van der Waals surface area contributed by atoms with Crippen LogP contribution in [-0.2, 0) is 6.54 Å². The summed E-state index contributed by atoms with van der Waals surface area (Å²) in [5.74, 6) is 1.25. The topological polar surface area (TPSA) is 54.2 Å². The molecule has 0 radical (unpaired) electrons. The van der Waals surface area contributed by atoms with Crippen LogP contribution in [0.25, 0.3) is 11.4 Å². The zero-order valence-electron chi connectivity index (χ0n) is 12.3. The summed E-state index contributed by atoms with van der Waals surface area (Å²) in [6.45, 7) is 8.04. The monoisotopic (exact) mass is 306 g/mol. The zero-order chi connectivity index (χ0) is 14.9. The zero-order valence-corrected chi connectivity index (χ0v) is 13.0. The fourth-order valence-corrected chi connectivity index (χ4v) is 2.64. The van der Waals surface area contributed by atoms with Crippen LogP contribution in [0.3, 0.4) is 0 Å². The summed E-state index contributed by atoms with van der Waals surface area (Å²) in [5, 5.41) is 8.16. The molecule has 0 aliphatic carbocycles. The van der Waals surface area contributed by atoms with Gasteiger partial charge in [0.1, 0.15) is 0 Å². The number of nitrogens with one attached hydrogen (secondary N) is 1. The van der Waals surface area contributed by atoms with Crippen molar-refractivity contribution in [1.29, 1.82) is 0 Å². The minimum Gasteiger partial charge on any atom is -0.338 e. The molecule has 1 saturated heterocycles. The minimum atomic E-state index is 0.0904. The molecule has 5 nitrogen and oxygen atoms in total. The molecule has 0 spiro atoms. The van der Waals surface area contributed by atoms with Crippen molar-refractivity contribution in [2.45, 2.75) is 25.9 Å². The minimum absolute atomic E-state index is 0.0904. The molecule has 0 unspecified atom stereocenters. The first-order valence-corrected chi connectivity index (χ1v) is 7.47. The van der Waals surface area contributed by atoms with Crippen LogP contribution in [0.15, 0.2) is 28.8 Å². The van der Waals surface area contributed by atoms with E-state index in [1.807, 2.05) is 24.3 Å². The Morgan fingerprint density at radius 1 is 1.33 bits per heavy atom. The molecule has 1 aromatic heterocycles. The number of benzene rings is 1. The van der Waals surface area contributed by atoms with Gasteiger partial charge in [0.05, 0.1) is 6.54 Å². The van der Waals surface area contributed by atoms with Gasteiger partial charge in [-0.15, -0.1) is 0 Å². The van der Waals surface area contributed by atoms with Crippen LogP contribution < -0.4 is 5.32 Å². The van der Waals surface area contributed by atoms with E-state index in [1.54, 1.807) is 0 Å². The second-order valence-corrected chi connectivity index (χ2v) is 6.37. The highest BCUT2D eigenvalue weighted by molar-refractivity contribution is 6.30. The van der Waals surface area contributed by atoms with E-state index in [4.69, 9.17) is 16.1 Å². The van der Waals surface area contributed by atoms with Crippen LogP contribution in [0.4, 0.5) is 0 Å². The van der Waals surface area contributed by atoms with Gasteiger partial charge in [0, 0.05) is 35.8 Å². The number of hydrogen-bond acceptors (Lipinski definition) is 5. The molecule has 0 atom stereocenters. The normalized spacial score (nSPS) is 18.8. The van der Waals surface area contributed by atoms with Gasteiger partial charge >= 0.3 is 0 Å². The molecule has 1 fully saturated rings. The summed E-state index contributed by atoms with van der Waals surface area (Å²) in [7, 11) is 0. The molecular weight excluding hydrogens is 288 g/mol. The highest BCUT2D eigenvalue weighted by atomic mass is 35.5. The molecule has 6 heteroatoms. The molecular formula is C15H19ClN4O. The number of piperazine rings is 1. The lowest BCUT2D eigenvalue weighted by atomic mass is 10.0. The molecule has 2 heterocycles. The van der Waals surface area contributed by atoms with E-state index >= 15 is 0 Å². The van der Waals surface area contributed by atoms with Crippen LogP contribution in [0.2, 0.25) is 5.02 Å². The molecule has 1 N–H and O–H groups in total. The van der Waals surface area contributed by atoms with E-state index in [0.717, 1.165) is 25.2 Å². The summed E-state index contributed by atoms with van der Waals surface area (Å²) in [6, 6.07) is 7.44. The van der Waals surface area contributed by atoms with Gasteiger partial charge in [0.25, 0.3) is 0 Å². The van der Waals surface area contributed by atoms with Gasteiger partial charge in [0.2, 0.25) is 11.7 Å². The summed E-state index contributed by atoms with van der Waals surface area (Å²) in [5.41, 5.74) is 1.00. The van der Waals surface area contributed by atoms with Crippen LogP contribution in [0, 0.1) is 0 Å². The Labute approximate surface area is 129 Å². The number of rotatable bonds is 3. The molecule has 2 aromatic rings. The van der Waals surface area contributed by atoms with Gasteiger partial charge in [-0.3, -0.25) is 4.90 Å². The first-order valence-electron chi connectivity index (χ1n) is 7.09. The van der Waals surface area contributed by atoms with Crippen LogP contribution in [-0.4, -0.2) is 40.2 Å². The average Bonchev–Trinajstić information content (AvgIpc) is 2.90. The Balaban J connectivity index is 1.74. The van der Waals surface area contributed by atoms with Crippen molar-refractivity contribution in [3.63, 3.8) is 0 Å². The predicted octanol–water partition coefficient (Wildman–Crippen LogP) is 2.57. The number of nitrogens with zero attached hydrogens (tertiary/aromatic N) is 3. The Bertz CT molecular complexity index is 608. The highest BCUT2D eigenvalue weighted by Crippen LogP contribution is 2.22. The predicted molar refractivity (Wildman–Crippen MR) is 82.1 cm³/mol. The van der Waals surface area contributed by atoms with E-state index in [2.05, 4.69) is 34.2 Å². The molecule has 0 saturated carbocycles. The van der Waals surface area contributed by atoms with E-state index in [-0.39, 0.29) is 5.54 Å². The molecule has 21 heavy (non-hydrogen) atoms. The standard InChI is InChI=1S/C15H19ClN4O/c1-15(2)10-17-7-8-20(15)9-13-18-14(19-21-13)11-3-5-12(16)6-4-11/h3-6,17H,7-10H2,1-2H3. The molecule has 3 rings (SSSR count). The fourth-order valence-electron chi connectivity index (χ4n) is 2.51. The fraction of sp³-hybridized carbons (Fsp3) is 0.467. The first kappa shape index (κ1) is 14.5. The van der Waals surface area contributed by atoms with Crippen molar-refractivity contribution in [2.24, 2.45) is 0 Å². The molecule has 1 aliphatic rings. The maximum Gasteiger partial charge on any atom is 0.241 e. The van der Waals surface area contributed by atoms with Crippen molar-refractivity contribution >= 4 is 11.6 Å². The summed E-state index contributed by atoms with van der Waals surface area (Å²) in [6.07, 6.45) is 0. The third kappa shape index (κ3) is 3.26. The Morgan fingerprint density at radius 3 is 2.81 bits per heavy atom. The second kappa shape index (κ2) is 5.75.